The van der Waals surface area contributed by atoms with Gasteiger partial charge >= 0.3 is 0 Å². The zero-order valence-corrected chi connectivity index (χ0v) is 17.3. The van der Waals surface area contributed by atoms with Crippen molar-refractivity contribution >= 4 is 28.5 Å². The Morgan fingerprint density at radius 1 is 0.968 bits per heavy atom. The monoisotopic (exact) mass is 418 g/mol. The second-order valence-corrected chi connectivity index (χ2v) is 7.54. The van der Waals surface area contributed by atoms with Crippen LogP contribution in [0.15, 0.2) is 60.9 Å². The first-order chi connectivity index (χ1) is 15.2. The van der Waals surface area contributed by atoms with E-state index in [0.29, 0.717) is 32.6 Å². The molecule has 1 unspecified atom stereocenters. The van der Waals surface area contributed by atoms with E-state index >= 15 is 0 Å². The number of aromatic nitrogens is 2. The van der Waals surface area contributed by atoms with E-state index in [0.717, 1.165) is 22.3 Å². The summed E-state index contributed by atoms with van der Waals surface area (Å²) in [5.74, 6) is 0.466. The molecule has 8 nitrogen and oxygen atoms in total. The number of rotatable bonds is 6. The summed E-state index contributed by atoms with van der Waals surface area (Å²) in [7, 11) is 0. The zero-order valence-electron chi connectivity index (χ0n) is 17.3. The number of anilines is 1. The van der Waals surface area contributed by atoms with E-state index in [4.69, 9.17) is 5.73 Å². The van der Waals surface area contributed by atoms with Crippen LogP contribution in [0.2, 0.25) is 0 Å². The van der Waals surface area contributed by atoms with Gasteiger partial charge < -0.3 is 20.9 Å². The molecule has 4 rings (SSSR count). The van der Waals surface area contributed by atoms with Crippen molar-refractivity contribution in [1.82, 2.24) is 20.2 Å². The Hall–Kier alpha value is -3.52. The molecule has 2 aromatic carbocycles. The summed E-state index contributed by atoms with van der Waals surface area (Å²) in [6.45, 7) is 2.29. The minimum absolute atomic E-state index is 0.0853. The predicted molar refractivity (Wildman–Crippen MR) is 119 cm³/mol. The van der Waals surface area contributed by atoms with Gasteiger partial charge in [0.05, 0.1) is 12.1 Å². The van der Waals surface area contributed by atoms with Crippen LogP contribution in [-0.4, -0.2) is 65.4 Å². The van der Waals surface area contributed by atoms with E-state index in [-0.39, 0.29) is 18.4 Å². The molecule has 3 N–H and O–H groups in total. The van der Waals surface area contributed by atoms with Crippen LogP contribution in [0.5, 0.6) is 0 Å². The predicted octanol–water partition coefficient (Wildman–Crippen LogP) is 0.965. The topological polar surface area (TPSA) is 104 Å². The number of carbonyl (C=O) groups is 2. The Bertz CT molecular complexity index is 1040. The highest BCUT2D eigenvalue weighted by molar-refractivity contribution is 5.90. The van der Waals surface area contributed by atoms with Crippen molar-refractivity contribution in [2.45, 2.75) is 12.5 Å². The summed E-state index contributed by atoms with van der Waals surface area (Å²) in [5, 5.41) is 3.79. The van der Waals surface area contributed by atoms with Gasteiger partial charge in [-0.3, -0.25) is 9.59 Å². The van der Waals surface area contributed by atoms with E-state index in [1.165, 1.54) is 0 Å². The number of amides is 2. The van der Waals surface area contributed by atoms with E-state index in [9.17, 15) is 9.59 Å². The van der Waals surface area contributed by atoms with Crippen LogP contribution in [0.3, 0.4) is 0 Å². The van der Waals surface area contributed by atoms with Crippen molar-refractivity contribution in [3.05, 3.63) is 66.5 Å². The maximum absolute atomic E-state index is 13.2. The lowest BCUT2D eigenvalue weighted by atomic mass is 10.0. The number of hydrogen-bond acceptors (Lipinski definition) is 6. The number of nitrogens with two attached hydrogens (primary N) is 1. The molecule has 160 valence electrons. The quantitative estimate of drug-likeness (QED) is 0.618. The fraction of sp³-hybridized carbons (Fsp3) is 0.304. The van der Waals surface area contributed by atoms with Crippen LogP contribution >= 0.6 is 0 Å². The molecule has 0 aliphatic carbocycles. The minimum atomic E-state index is -0.634. The van der Waals surface area contributed by atoms with Crippen molar-refractivity contribution in [3.63, 3.8) is 0 Å². The van der Waals surface area contributed by atoms with Gasteiger partial charge in [-0.25, -0.2) is 9.97 Å². The number of hydrogen-bond donors (Lipinski definition) is 2. The molecule has 8 heteroatoms. The Kier molecular flexibility index (Phi) is 6.37. The molecule has 3 aromatic rings. The molecule has 1 aromatic heterocycles. The van der Waals surface area contributed by atoms with Crippen LogP contribution in [0.4, 0.5) is 5.82 Å². The lowest BCUT2D eigenvalue weighted by Gasteiger charge is -2.37. The molecule has 1 aliphatic heterocycles. The number of fused-ring (bicyclic) bond motifs is 1. The van der Waals surface area contributed by atoms with Crippen molar-refractivity contribution in [2.24, 2.45) is 5.73 Å². The summed E-state index contributed by atoms with van der Waals surface area (Å²) in [4.78, 5) is 38.0. The smallest absolute Gasteiger partial charge is 0.245 e. The lowest BCUT2D eigenvalue weighted by molar-refractivity contribution is -0.136. The van der Waals surface area contributed by atoms with Gasteiger partial charge in [-0.2, -0.15) is 0 Å². The van der Waals surface area contributed by atoms with Gasteiger partial charge in [0, 0.05) is 38.0 Å². The van der Waals surface area contributed by atoms with E-state index < -0.39 is 6.04 Å². The largest absolute Gasteiger partial charge is 0.352 e. The molecule has 2 heterocycles. The van der Waals surface area contributed by atoms with Gasteiger partial charge in [0.1, 0.15) is 18.2 Å². The van der Waals surface area contributed by atoms with Crippen LogP contribution < -0.4 is 16.0 Å². The molecule has 2 amide bonds. The fourth-order valence-corrected chi connectivity index (χ4v) is 3.90. The number of para-hydroxylation sites is 1. The van der Waals surface area contributed by atoms with E-state index in [1.807, 2.05) is 59.5 Å². The Labute approximate surface area is 181 Å². The van der Waals surface area contributed by atoms with Gasteiger partial charge in [-0.1, -0.05) is 42.5 Å². The Balaban J connectivity index is 1.45. The van der Waals surface area contributed by atoms with Crippen molar-refractivity contribution in [1.29, 1.82) is 0 Å². The van der Waals surface area contributed by atoms with Crippen LogP contribution in [0.1, 0.15) is 5.56 Å². The van der Waals surface area contributed by atoms with Crippen molar-refractivity contribution in [3.8, 4) is 0 Å². The van der Waals surface area contributed by atoms with E-state index in [2.05, 4.69) is 20.2 Å². The fourth-order valence-electron chi connectivity index (χ4n) is 3.90. The van der Waals surface area contributed by atoms with E-state index in [1.54, 1.807) is 6.33 Å². The molecular weight excluding hydrogens is 392 g/mol. The molecule has 1 atom stereocenters. The molecule has 0 radical (unpaired) electrons. The molecule has 1 fully saturated rings. The van der Waals surface area contributed by atoms with Crippen LogP contribution in [-0.2, 0) is 16.0 Å². The average Bonchev–Trinajstić information content (AvgIpc) is 2.83. The first-order valence-electron chi connectivity index (χ1n) is 10.4. The van der Waals surface area contributed by atoms with Gasteiger partial charge in [0.2, 0.25) is 11.8 Å². The minimum Gasteiger partial charge on any atom is -0.352 e. The first-order valence-corrected chi connectivity index (χ1v) is 10.4. The molecule has 1 aliphatic rings. The summed E-state index contributed by atoms with van der Waals surface area (Å²) in [6.07, 6.45) is 2.01. The summed E-state index contributed by atoms with van der Waals surface area (Å²) in [5.41, 5.74) is 7.36. The number of benzene rings is 2. The number of carbonyl (C=O) groups excluding carboxylic acids is 2. The van der Waals surface area contributed by atoms with Gasteiger partial charge in [-0.05, 0) is 17.7 Å². The molecule has 0 saturated carbocycles. The zero-order chi connectivity index (χ0) is 21.6. The maximum Gasteiger partial charge on any atom is 0.245 e. The second kappa shape index (κ2) is 9.53. The molecule has 0 bridgehead atoms. The van der Waals surface area contributed by atoms with Gasteiger partial charge in [0.25, 0.3) is 0 Å². The third kappa shape index (κ3) is 4.80. The van der Waals surface area contributed by atoms with Gasteiger partial charge in [0.15, 0.2) is 0 Å². The first kappa shape index (κ1) is 20.7. The number of piperazine rings is 1. The Morgan fingerprint density at radius 3 is 2.42 bits per heavy atom. The molecule has 0 spiro atoms. The number of nitrogens with one attached hydrogen (secondary N) is 1. The highest BCUT2D eigenvalue weighted by Gasteiger charge is 2.29. The lowest BCUT2D eigenvalue weighted by Crippen LogP contribution is -2.56. The molecular formula is C23H26N6O2. The highest BCUT2D eigenvalue weighted by Crippen LogP contribution is 2.23. The number of nitrogens with zero attached hydrogens (tertiary/aromatic N) is 4. The standard InChI is InChI=1S/C23H26N6O2/c24-15-21(30)27-20(14-17-6-2-1-3-7-17)23(31)29-12-10-28(11-13-29)22-18-8-4-5-9-19(18)25-16-26-22/h1-9,16,20H,10-15,24H2,(H,27,30). The van der Waals surface area contributed by atoms with Gasteiger partial charge in [-0.15, -0.1) is 0 Å². The van der Waals surface area contributed by atoms with Crippen LogP contribution in [0, 0.1) is 0 Å². The third-order valence-electron chi connectivity index (χ3n) is 5.51. The van der Waals surface area contributed by atoms with Crippen molar-refractivity contribution < 1.29 is 9.59 Å². The summed E-state index contributed by atoms with van der Waals surface area (Å²) in [6, 6.07) is 17.0. The summed E-state index contributed by atoms with van der Waals surface area (Å²) >= 11 is 0. The Morgan fingerprint density at radius 2 is 1.68 bits per heavy atom. The SMILES string of the molecule is NCC(=O)NC(Cc1ccccc1)C(=O)N1CCN(c2ncnc3ccccc23)CC1. The molecule has 1 saturated heterocycles. The van der Waals surface area contributed by atoms with Crippen LogP contribution in [0.25, 0.3) is 10.9 Å². The average molecular weight is 419 g/mol. The third-order valence-corrected chi connectivity index (χ3v) is 5.51. The second-order valence-electron chi connectivity index (χ2n) is 7.54. The normalized spacial score (nSPS) is 15.0. The maximum atomic E-state index is 13.2. The van der Waals surface area contributed by atoms with Crippen molar-refractivity contribution in [2.75, 3.05) is 37.6 Å². The summed E-state index contributed by atoms with van der Waals surface area (Å²) < 4.78 is 0. The molecule has 31 heavy (non-hydrogen) atoms. The highest BCUT2D eigenvalue weighted by atomic mass is 16.2.